The molecule has 22 heavy (non-hydrogen) atoms. The molecule has 2 rings (SSSR count). The van der Waals surface area contributed by atoms with Gasteiger partial charge in [-0.2, -0.15) is 0 Å². The average molecular weight is 318 g/mol. The summed E-state index contributed by atoms with van der Waals surface area (Å²) in [6, 6.07) is 7.61. The third-order valence-electron chi connectivity index (χ3n) is 3.24. The highest BCUT2D eigenvalue weighted by atomic mass is 35.5. The Hall–Kier alpha value is -2.07. The van der Waals surface area contributed by atoms with Crippen LogP contribution >= 0.6 is 11.6 Å². The fraction of sp³-hybridized carbons (Fsp3) is 0.294. The van der Waals surface area contributed by atoms with E-state index in [1.807, 2.05) is 39.8 Å². The number of nitrogens with zero attached hydrogens (tertiary/aromatic N) is 1. The van der Waals surface area contributed by atoms with E-state index in [1.54, 1.807) is 12.3 Å². The summed E-state index contributed by atoms with van der Waals surface area (Å²) in [5, 5.41) is 6.70. The van der Waals surface area contributed by atoms with Crippen LogP contribution < -0.4 is 10.6 Å². The van der Waals surface area contributed by atoms with Gasteiger partial charge in [0.05, 0.1) is 22.6 Å². The number of benzene rings is 1. The summed E-state index contributed by atoms with van der Waals surface area (Å²) in [7, 11) is 0. The van der Waals surface area contributed by atoms with E-state index in [0.29, 0.717) is 10.8 Å². The molecule has 0 saturated carbocycles. The summed E-state index contributed by atoms with van der Waals surface area (Å²) in [4.78, 5) is 15.9. The standard InChI is InChI=1S/C17H20ClN3O/c1-10(2)17(22)21-15-6-5-13(9-19-15)20-16-12(4)7-11(3)8-14(16)18/h5-10,20H,1-4H3,(H,19,21,22). The summed E-state index contributed by atoms with van der Waals surface area (Å²) in [6.07, 6.45) is 1.67. The van der Waals surface area contributed by atoms with E-state index in [4.69, 9.17) is 11.6 Å². The van der Waals surface area contributed by atoms with Crippen molar-refractivity contribution in [3.05, 3.63) is 46.6 Å². The van der Waals surface area contributed by atoms with Gasteiger partial charge in [0.15, 0.2) is 0 Å². The van der Waals surface area contributed by atoms with Gasteiger partial charge < -0.3 is 10.6 Å². The van der Waals surface area contributed by atoms with Crippen molar-refractivity contribution in [2.75, 3.05) is 10.6 Å². The molecule has 0 fully saturated rings. The van der Waals surface area contributed by atoms with Gasteiger partial charge in [-0.25, -0.2) is 4.98 Å². The second-order valence-electron chi connectivity index (χ2n) is 5.64. The van der Waals surface area contributed by atoms with Crippen LogP contribution in [-0.4, -0.2) is 10.9 Å². The van der Waals surface area contributed by atoms with Crippen LogP contribution in [0.4, 0.5) is 17.2 Å². The zero-order valence-electron chi connectivity index (χ0n) is 13.2. The summed E-state index contributed by atoms with van der Waals surface area (Å²) < 4.78 is 0. The lowest BCUT2D eigenvalue weighted by Gasteiger charge is -2.13. The van der Waals surface area contributed by atoms with Crippen LogP contribution in [0.1, 0.15) is 25.0 Å². The van der Waals surface area contributed by atoms with Crippen molar-refractivity contribution < 1.29 is 4.79 Å². The molecule has 0 saturated heterocycles. The Bertz CT molecular complexity index is 658. The second-order valence-corrected chi connectivity index (χ2v) is 6.05. The number of aromatic nitrogens is 1. The number of anilines is 3. The Morgan fingerprint density at radius 1 is 1.23 bits per heavy atom. The van der Waals surface area contributed by atoms with Gasteiger partial charge in [-0.15, -0.1) is 0 Å². The SMILES string of the molecule is Cc1cc(C)c(Nc2ccc(NC(=O)C(C)C)nc2)c(Cl)c1. The third kappa shape index (κ3) is 3.98. The summed E-state index contributed by atoms with van der Waals surface area (Å²) in [5.74, 6) is 0.412. The van der Waals surface area contributed by atoms with Gasteiger partial charge in [0, 0.05) is 5.92 Å². The molecule has 2 N–H and O–H groups in total. The van der Waals surface area contributed by atoms with Gasteiger partial charge in [0.1, 0.15) is 5.82 Å². The van der Waals surface area contributed by atoms with Crippen molar-refractivity contribution in [1.82, 2.24) is 4.98 Å². The van der Waals surface area contributed by atoms with Crippen molar-refractivity contribution in [3.63, 3.8) is 0 Å². The van der Waals surface area contributed by atoms with E-state index in [0.717, 1.165) is 22.5 Å². The van der Waals surface area contributed by atoms with Crippen LogP contribution in [0, 0.1) is 19.8 Å². The quantitative estimate of drug-likeness (QED) is 0.860. The first-order valence-corrected chi connectivity index (χ1v) is 7.55. The molecule has 0 aliphatic heterocycles. The molecule has 0 unspecified atom stereocenters. The van der Waals surface area contributed by atoms with Crippen LogP contribution in [0.5, 0.6) is 0 Å². The number of halogens is 1. The molecule has 0 spiro atoms. The molecule has 2 aromatic rings. The number of hydrogen-bond donors (Lipinski definition) is 2. The van der Waals surface area contributed by atoms with E-state index in [-0.39, 0.29) is 11.8 Å². The molecule has 116 valence electrons. The Balaban J connectivity index is 2.14. The zero-order chi connectivity index (χ0) is 16.3. The number of hydrogen-bond acceptors (Lipinski definition) is 3. The Morgan fingerprint density at radius 3 is 2.50 bits per heavy atom. The van der Waals surface area contributed by atoms with E-state index < -0.39 is 0 Å². The number of pyridine rings is 1. The maximum atomic E-state index is 11.6. The van der Waals surface area contributed by atoms with E-state index >= 15 is 0 Å². The van der Waals surface area contributed by atoms with Crippen LogP contribution in [0.3, 0.4) is 0 Å². The molecule has 1 aromatic heterocycles. The van der Waals surface area contributed by atoms with Crippen LogP contribution in [-0.2, 0) is 4.79 Å². The second kappa shape index (κ2) is 6.79. The number of nitrogens with one attached hydrogen (secondary N) is 2. The molecule has 0 aliphatic carbocycles. The van der Waals surface area contributed by atoms with Crippen LogP contribution in [0.2, 0.25) is 5.02 Å². The number of rotatable bonds is 4. The van der Waals surface area contributed by atoms with E-state index in [9.17, 15) is 4.79 Å². The van der Waals surface area contributed by atoms with Crippen LogP contribution in [0.25, 0.3) is 0 Å². The molecule has 0 atom stereocenters. The fourth-order valence-corrected chi connectivity index (χ4v) is 2.40. The third-order valence-corrected chi connectivity index (χ3v) is 3.54. The fourth-order valence-electron chi connectivity index (χ4n) is 2.03. The molecule has 1 heterocycles. The number of amides is 1. The van der Waals surface area contributed by atoms with Gasteiger partial charge in [-0.3, -0.25) is 4.79 Å². The smallest absolute Gasteiger partial charge is 0.228 e. The number of carbonyl (C=O) groups excluding carboxylic acids is 1. The highest BCUT2D eigenvalue weighted by molar-refractivity contribution is 6.33. The van der Waals surface area contributed by atoms with Crippen molar-refractivity contribution in [1.29, 1.82) is 0 Å². The van der Waals surface area contributed by atoms with Crippen LogP contribution in [0.15, 0.2) is 30.5 Å². The van der Waals surface area contributed by atoms with Gasteiger partial charge in [-0.05, 0) is 43.2 Å². The minimum atomic E-state index is -0.0754. The minimum absolute atomic E-state index is 0.0503. The van der Waals surface area contributed by atoms with Gasteiger partial charge in [0.25, 0.3) is 0 Å². The molecule has 0 aliphatic rings. The van der Waals surface area contributed by atoms with Crippen molar-refractivity contribution in [3.8, 4) is 0 Å². The molecule has 0 radical (unpaired) electrons. The van der Waals surface area contributed by atoms with Gasteiger partial charge >= 0.3 is 0 Å². The normalized spacial score (nSPS) is 10.6. The molecule has 5 heteroatoms. The predicted molar refractivity (Wildman–Crippen MR) is 91.9 cm³/mol. The minimum Gasteiger partial charge on any atom is -0.353 e. The monoisotopic (exact) mass is 317 g/mol. The summed E-state index contributed by atoms with van der Waals surface area (Å²) in [6.45, 7) is 7.70. The molecule has 4 nitrogen and oxygen atoms in total. The molecular formula is C17H20ClN3O. The topological polar surface area (TPSA) is 54.0 Å². The Kier molecular flexibility index (Phi) is 5.03. The first-order chi connectivity index (χ1) is 10.4. The lowest BCUT2D eigenvalue weighted by Crippen LogP contribution is -2.18. The Labute approximate surface area is 135 Å². The summed E-state index contributed by atoms with van der Waals surface area (Å²) in [5.41, 5.74) is 3.88. The zero-order valence-corrected chi connectivity index (χ0v) is 14.0. The van der Waals surface area contributed by atoms with Gasteiger partial charge in [0.2, 0.25) is 5.91 Å². The molecule has 1 aromatic carbocycles. The number of aryl methyl sites for hydroxylation is 2. The predicted octanol–water partition coefficient (Wildman–Crippen LogP) is 4.69. The van der Waals surface area contributed by atoms with Crippen molar-refractivity contribution in [2.45, 2.75) is 27.7 Å². The number of carbonyl (C=O) groups is 1. The average Bonchev–Trinajstić information content (AvgIpc) is 2.44. The maximum Gasteiger partial charge on any atom is 0.228 e. The lowest BCUT2D eigenvalue weighted by molar-refractivity contribution is -0.118. The van der Waals surface area contributed by atoms with E-state index in [2.05, 4.69) is 21.7 Å². The van der Waals surface area contributed by atoms with Gasteiger partial charge in [-0.1, -0.05) is 31.5 Å². The molecule has 0 bridgehead atoms. The lowest BCUT2D eigenvalue weighted by atomic mass is 10.1. The highest BCUT2D eigenvalue weighted by Crippen LogP contribution is 2.30. The van der Waals surface area contributed by atoms with Crippen molar-refractivity contribution in [2.24, 2.45) is 5.92 Å². The largest absolute Gasteiger partial charge is 0.353 e. The first kappa shape index (κ1) is 16.3. The maximum absolute atomic E-state index is 11.6. The molecule has 1 amide bonds. The Morgan fingerprint density at radius 2 is 1.95 bits per heavy atom. The molecular weight excluding hydrogens is 298 g/mol. The summed E-state index contributed by atoms with van der Waals surface area (Å²) >= 11 is 6.28. The highest BCUT2D eigenvalue weighted by Gasteiger charge is 2.09. The van der Waals surface area contributed by atoms with E-state index in [1.165, 1.54) is 0 Å². The first-order valence-electron chi connectivity index (χ1n) is 7.17. The van der Waals surface area contributed by atoms with Crippen molar-refractivity contribution >= 4 is 34.7 Å².